The smallest absolute Gasteiger partial charge is 0.0709 e. The number of aryl methyl sites for hydroxylation is 1. The Kier molecular flexibility index (Phi) is 2.68. The lowest BCUT2D eigenvalue weighted by Gasteiger charge is -2.28. The Morgan fingerprint density at radius 1 is 1.30 bits per heavy atom. The van der Waals surface area contributed by atoms with Crippen molar-refractivity contribution in [2.24, 2.45) is 23.0 Å². The van der Waals surface area contributed by atoms with Crippen molar-refractivity contribution in [3.63, 3.8) is 0 Å². The lowest BCUT2D eigenvalue weighted by atomic mass is 9.78. The Balaban J connectivity index is 1.71. The molecule has 1 heterocycles. The minimum atomic E-state index is 0.323. The number of hydrogen-bond acceptors (Lipinski definition) is 2. The van der Waals surface area contributed by atoms with Crippen molar-refractivity contribution in [3.05, 3.63) is 30.0 Å². The van der Waals surface area contributed by atoms with Gasteiger partial charge in [-0.05, 0) is 62.5 Å². The van der Waals surface area contributed by atoms with Crippen molar-refractivity contribution in [2.75, 3.05) is 6.54 Å². The van der Waals surface area contributed by atoms with Gasteiger partial charge in [0.05, 0.1) is 11.2 Å². The Morgan fingerprint density at radius 3 is 2.75 bits per heavy atom. The highest BCUT2D eigenvalue weighted by Crippen LogP contribution is 2.60. The quantitative estimate of drug-likeness (QED) is 0.927. The van der Waals surface area contributed by atoms with Gasteiger partial charge >= 0.3 is 0 Å². The summed E-state index contributed by atoms with van der Waals surface area (Å²) >= 11 is 0. The van der Waals surface area contributed by atoms with Crippen LogP contribution < -0.4 is 5.73 Å². The maximum absolute atomic E-state index is 6.15. The minimum Gasteiger partial charge on any atom is -0.330 e. The summed E-state index contributed by atoms with van der Waals surface area (Å²) in [4.78, 5) is 0. The van der Waals surface area contributed by atoms with Gasteiger partial charge < -0.3 is 5.73 Å². The summed E-state index contributed by atoms with van der Waals surface area (Å²) in [5.41, 5.74) is 8.99. The average molecular weight is 269 g/mol. The van der Waals surface area contributed by atoms with Crippen molar-refractivity contribution >= 4 is 10.9 Å². The first kappa shape index (κ1) is 12.4. The number of nitrogens with zero attached hydrogens (tertiary/aromatic N) is 2. The molecule has 2 aliphatic carbocycles. The molecule has 2 fully saturated rings. The van der Waals surface area contributed by atoms with Gasteiger partial charge in [-0.3, -0.25) is 4.68 Å². The summed E-state index contributed by atoms with van der Waals surface area (Å²) in [6, 6.07) is 8.61. The molecule has 0 amide bonds. The number of para-hydroxylation sites is 1. The summed E-state index contributed by atoms with van der Waals surface area (Å²) in [6.07, 6.45) is 5.15. The lowest BCUT2D eigenvalue weighted by molar-refractivity contribution is 0.270. The number of rotatable bonds is 4. The van der Waals surface area contributed by atoms with Crippen LogP contribution >= 0.6 is 0 Å². The summed E-state index contributed by atoms with van der Waals surface area (Å²) < 4.78 is 2.13. The molecule has 0 spiro atoms. The molecule has 2 unspecified atom stereocenters. The number of hydrogen-bond donors (Lipinski definition) is 1. The van der Waals surface area contributed by atoms with Gasteiger partial charge in [-0.2, -0.15) is 5.10 Å². The Labute approximate surface area is 120 Å². The van der Waals surface area contributed by atoms with Gasteiger partial charge in [0.25, 0.3) is 0 Å². The third-order valence-electron chi connectivity index (χ3n) is 5.47. The fraction of sp³-hybridized carbons (Fsp3) is 0.588. The normalized spacial score (nSPS) is 31.7. The zero-order valence-corrected chi connectivity index (χ0v) is 12.2. The molecule has 2 aliphatic rings. The highest BCUT2D eigenvalue weighted by atomic mass is 15.3. The molecular weight excluding hydrogens is 246 g/mol. The van der Waals surface area contributed by atoms with E-state index in [9.17, 15) is 0 Å². The maximum atomic E-state index is 6.15. The third-order valence-corrected chi connectivity index (χ3v) is 5.47. The second-order valence-corrected chi connectivity index (χ2v) is 6.82. The molecule has 2 saturated carbocycles. The lowest BCUT2D eigenvalue weighted by Crippen LogP contribution is -2.31. The molecule has 0 aliphatic heterocycles. The van der Waals surface area contributed by atoms with Gasteiger partial charge in [-0.1, -0.05) is 18.2 Å². The molecule has 0 radical (unpaired) electrons. The SMILES string of the molecule is CCn1nc(CC2(CN)CC3CC3C2)c2ccccc21. The summed E-state index contributed by atoms with van der Waals surface area (Å²) in [6.45, 7) is 3.90. The van der Waals surface area contributed by atoms with E-state index in [0.717, 1.165) is 31.3 Å². The van der Waals surface area contributed by atoms with Crippen LogP contribution in [0.15, 0.2) is 24.3 Å². The molecule has 0 bridgehead atoms. The monoisotopic (exact) mass is 269 g/mol. The molecule has 20 heavy (non-hydrogen) atoms. The number of fused-ring (bicyclic) bond motifs is 2. The van der Waals surface area contributed by atoms with E-state index < -0.39 is 0 Å². The van der Waals surface area contributed by atoms with Gasteiger partial charge in [0.15, 0.2) is 0 Å². The van der Waals surface area contributed by atoms with Crippen LogP contribution in [0, 0.1) is 17.3 Å². The highest BCUT2D eigenvalue weighted by molar-refractivity contribution is 5.82. The van der Waals surface area contributed by atoms with E-state index in [1.165, 1.54) is 35.9 Å². The summed E-state index contributed by atoms with van der Waals surface area (Å²) in [7, 11) is 0. The van der Waals surface area contributed by atoms with Crippen molar-refractivity contribution in [1.29, 1.82) is 0 Å². The average Bonchev–Trinajstić information content (AvgIpc) is 2.96. The van der Waals surface area contributed by atoms with Crippen LogP contribution in [0.1, 0.15) is 31.9 Å². The first-order valence-electron chi connectivity index (χ1n) is 7.89. The van der Waals surface area contributed by atoms with Gasteiger partial charge in [0.1, 0.15) is 0 Å². The molecule has 3 nitrogen and oxygen atoms in total. The largest absolute Gasteiger partial charge is 0.330 e. The molecule has 1 aromatic heterocycles. The summed E-state index contributed by atoms with van der Waals surface area (Å²) in [5, 5.41) is 6.19. The number of nitrogens with two attached hydrogens (primary N) is 1. The van der Waals surface area contributed by atoms with Crippen molar-refractivity contribution in [2.45, 2.75) is 39.2 Å². The van der Waals surface area contributed by atoms with E-state index in [1.54, 1.807) is 0 Å². The molecule has 0 saturated heterocycles. The molecule has 1 aromatic carbocycles. The fourth-order valence-electron chi connectivity index (χ4n) is 4.31. The topological polar surface area (TPSA) is 43.8 Å². The van der Waals surface area contributed by atoms with Crippen LogP contribution in [-0.4, -0.2) is 16.3 Å². The van der Waals surface area contributed by atoms with Crippen LogP contribution in [0.4, 0.5) is 0 Å². The van der Waals surface area contributed by atoms with Crippen LogP contribution in [0.5, 0.6) is 0 Å². The minimum absolute atomic E-state index is 0.323. The van der Waals surface area contributed by atoms with E-state index in [0.29, 0.717) is 5.41 Å². The van der Waals surface area contributed by atoms with Gasteiger partial charge in [0.2, 0.25) is 0 Å². The molecule has 3 heteroatoms. The Bertz CT molecular complexity index is 633. The van der Waals surface area contributed by atoms with Crippen LogP contribution in [0.2, 0.25) is 0 Å². The second kappa shape index (κ2) is 4.32. The zero-order valence-electron chi connectivity index (χ0n) is 12.2. The second-order valence-electron chi connectivity index (χ2n) is 6.82. The van der Waals surface area contributed by atoms with E-state index in [2.05, 4.69) is 35.9 Å². The molecular formula is C17H23N3. The molecule has 4 rings (SSSR count). The van der Waals surface area contributed by atoms with Gasteiger partial charge in [0, 0.05) is 11.9 Å². The van der Waals surface area contributed by atoms with E-state index in [4.69, 9.17) is 10.8 Å². The van der Waals surface area contributed by atoms with E-state index in [-0.39, 0.29) is 0 Å². The third kappa shape index (κ3) is 1.80. The number of aromatic nitrogens is 2. The van der Waals surface area contributed by atoms with Crippen molar-refractivity contribution < 1.29 is 0 Å². The van der Waals surface area contributed by atoms with Crippen LogP contribution in [0.3, 0.4) is 0 Å². The van der Waals surface area contributed by atoms with Crippen LogP contribution in [0.25, 0.3) is 10.9 Å². The van der Waals surface area contributed by atoms with Gasteiger partial charge in [-0.15, -0.1) is 0 Å². The highest BCUT2D eigenvalue weighted by Gasteiger charge is 2.53. The molecule has 2 N–H and O–H groups in total. The fourth-order valence-corrected chi connectivity index (χ4v) is 4.31. The van der Waals surface area contributed by atoms with Crippen LogP contribution in [-0.2, 0) is 13.0 Å². The predicted molar refractivity (Wildman–Crippen MR) is 81.4 cm³/mol. The van der Waals surface area contributed by atoms with E-state index >= 15 is 0 Å². The summed E-state index contributed by atoms with van der Waals surface area (Å²) in [5.74, 6) is 1.94. The first-order valence-corrected chi connectivity index (χ1v) is 7.89. The Morgan fingerprint density at radius 2 is 2.05 bits per heavy atom. The van der Waals surface area contributed by atoms with E-state index in [1.807, 2.05) is 0 Å². The molecule has 2 aromatic rings. The Hall–Kier alpha value is -1.35. The standard InChI is InChI=1S/C17H23N3/c1-2-20-16-6-4-3-5-14(16)15(19-20)10-17(11-18)8-12-7-13(12)9-17/h3-6,12-13H,2,7-11,18H2,1H3. The number of benzene rings is 1. The maximum Gasteiger partial charge on any atom is 0.0709 e. The predicted octanol–water partition coefficient (Wildman–Crippen LogP) is 2.97. The van der Waals surface area contributed by atoms with Gasteiger partial charge in [-0.25, -0.2) is 0 Å². The molecule has 106 valence electrons. The first-order chi connectivity index (χ1) is 9.74. The molecule has 2 atom stereocenters. The van der Waals surface area contributed by atoms with Crippen molar-refractivity contribution in [3.8, 4) is 0 Å². The zero-order chi connectivity index (χ0) is 13.7. The van der Waals surface area contributed by atoms with Crippen molar-refractivity contribution in [1.82, 2.24) is 9.78 Å².